The minimum absolute atomic E-state index is 0.0210. The van der Waals surface area contributed by atoms with E-state index in [0.29, 0.717) is 52.1 Å². The first-order valence-corrected chi connectivity index (χ1v) is 16.8. The van der Waals surface area contributed by atoms with E-state index in [9.17, 15) is 27.3 Å². The van der Waals surface area contributed by atoms with Gasteiger partial charge in [0.1, 0.15) is 10.5 Å². The van der Waals surface area contributed by atoms with Crippen LogP contribution >= 0.6 is 22.9 Å². The number of carbonyl (C=O) groups is 1. The summed E-state index contributed by atoms with van der Waals surface area (Å²) in [7, 11) is -3.03. The lowest BCUT2D eigenvalue weighted by Gasteiger charge is -2.35. The van der Waals surface area contributed by atoms with Gasteiger partial charge >= 0.3 is 0 Å². The van der Waals surface area contributed by atoms with Crippen molar-refractivity contribution in [3.05, 3.63) is 53.4 Å². The zero-order valence-electron chi connectivity index (χ0n) is 22.5. The molecule has 1 aromatic carbocycles. The molecule has 0 unspecified atom stereocenters. The van der Waals surface area contributed by atoms with Gasteiger partial charge < -0.3 is 10.2 Å². The number of hydrogen-bond donors (Lipinski definition) is 1. The van der Waals surface area contributed by atoms with Gasteiger partial charge in [-0.1, -0.05) is 23.7 Å². The molecule has 3 aliphatic rings. The predicted octanol–water partition coefficient (Wildman–Crippen LogP) is 5.45. The minimum Gasteiger partial charge on any atom is -0.369 e. The van der Waals surface area contributed by atoms with Crippen LogP contribution in [-0.4, -0.2) is 60.3 Å². The van der Waals surface area contributed by atoms with Gasteiger partial charge in [-0.25, -0.2) is 22.2 Å². The number of pyridine rings is 1. The summed E-state index contributed by atoms with van der Waals surface area (Å²) in [5, 5.41) is 13.3. The summed E-state index contributed by atoms with van der Waals surface area (Å²) in [5.74, 6) is -4.81. The maximum Gasteiger partial charge on any atom is 0.248 e. The largest absolute Gasteiger partial charge is 0.369 e. The third kappa shape index (κ3) is 6.00. The summed E-state index contributed by atoms with van der Waals surface area (Å²) in [6.07, 6.45) is 3.23. The molecule has 2 saturated carbocycles. The van der Waals surface area contributed by atoms with Gasteiger partial charge in [0.2, 0.25) is 11.8 Å². The molecule has 3 aromatic rings. The topological polar surface area (TPSA) is 116 Å². The van der Waals surface area contributed by atoms with E-state index in [1.807, 2.05) is 29.2 Å². The number of amides is 1. The van der Waals surface area contributed by atoms with Crippen LogP contribution in [0.1, 0.15) is 43.7 Å². The average molecular weight is 632 g/mol. The second-order valence-corrected chi connectivity index (χ2v) is 15.0. The molecule has 3 heterocycles. The molecule has 0 radical (unpaired) electrons. The number of nitriles is 1. The Morgan fingerprint density at radius 1 is 1.12 bits per heavy atom. The van der Waals surface area contributed by atoms with Gasteiger partial charge in [-0.2, -0.15) is 5.26 Å². The van der Waals surface area contributed by atoms with E-state index in [4.69, 9.17) is 16.6 Å². The van der Waals surface area contributed by atoms with E-state index in [-0.39, 0.29) is 17.9 Å². The van der Waals surface area contributed by atoms with Crippen molar-refractivity contribution in [2.24, 2.45) is 5.92 Å². The fourth-order valence-corrected chi connectivity index (χ4v) is 8.19. The van der Waals surface area contributed by atoms with Crippen LogP contribution in [0.15, 0.2) is 42.7 Å². The summed E-state index contributed by atoms with van der Waals surface area (Å²) in [6.45, 7) is 0.801. The number of carbonyl (C=O) groups excluding carboxylic acids is 1. The molecule has 1 saturated heterocycles. The maximum absolute atomic E-state index is 14.9. The van der Waals surface area contributed by atoms with Gasteiger partial charge in [0.25, 0.3) is 0 Å². The van der Waals surface area contributed by atoms with Gasteiger partial charge in [-0.05, 0) is 43.0 Å². The van der Waals surface area contributed by atoms with Crippen LogP contribution in [0.25, 0.3) is 21.0 Å². The number of nitrogens with one attached hydrogen (secondary N) is 1. The SMILES string of the molecule is N#CC1(NC(=O)[C@@H]2CCC(F)(F)C[C@H]2c2nc(-c3cncc(Cl)c3)sc2-c2ccc(N3CCS(=O)(=O)CC3)cc2)CC1. The number of hydrogen-bond acceptors (Lipinski definition) is 8. The molecule has 1 amide bonds. The highest BCUT2D eigenvalue weighted by atomic mass is 35.5. The molecule has 0 spiro atoms. The second-order valence-electron chi connectivity index (χ2n) is 11.3. The number of anilines is 1. The Morgan fingerprint density at radius 2 is 1.83 bits per heavy atom. The Labute approximate surface area is 251 Å². The third-order valence-electron chi connectivity index (χ3n) is 8.28. The van der Waals surface area contributed by atoms with Crippen molar-refractivity contribution in [1.82, 2.24) is 15.3 Å². The summed E-state index contributed by atoms with van der Waals surface area (Å²) in [6, 6.07) is 11.4. The van der Waals surface area contributed by atoms with Crippen LogP contribution in [-0.2, 0) is 14.6 Å². The highest BCUT2D eigenvalue weighted by Gasteiger charge is 2.50. The van der Waals surface area contributed by atoms with Crippen molar-refractivity contribution in [1.29, 1.82) is 5.26 Å². The molecule has 13 heteroatoms. The Kier molecular flexibility index (Phi) is 7.48. The predicted molar refractivity (Wildman–Crippen MR) is 157 cm³/mol. The minimum atomic E-state index is -3.03. The molecule has 2 aliphatic carbocycles. The highest BCUT2D eigenvalue weighted by Crippen LogP contribution is 2.50. The number of sulfone groups is 1. The fraction of sp³-hybridized carbons (Fsp3) is 0.448. The number of halogens is 3. The Balaban J connectivity index is 1.39. The van der Waals surface area contributed by atoms with Crippen LogP contribution in [0.4, 0.5) is 14.5 Å². The molecule has 0 bridgehead atoms. The Morgan fingerprint density at radius 3 is 2.48 bits per heavy atom. The van der Waals surface area contributed by atoms with Crippen LogP contribution in [0.2, 0.25) is 5.02 Å². The first kappa shape index (κ1) is 29.0. The maximum atomic E-state index is 14.9. The quantitative estimate of drug-likeness (QED) is 0.384. The van der Waals surface area contributed by atoms with Gasteiger partial charge in [-0.3, -0.25) is 9.78 Å². The fourth-order valence-electron chi connectivity index (χ4n) is 5.69. The second kappa shape index (κ2) is 10.8. The number of thiazole rings is 1. The van der Waals surface area contributed by atoms with Gasteiger partial charge in [-0.15, -0.1) is 11.3 Å². The zero-order chi connectivity index (χ0) is 29.7. The molecule has 8 nitrogen and oxygen atoms in total. The summed E-state index contributed by atoms with van der Waals surface area (Å²) in [4.78, 5) is 25.1. The van der Waals surface area contributed by atoms with Crippen molar-refractivity contribution in [2.45, 2.75) is 49.5 Å². The normalized spacial score (nSPS) is 24.0. The molecular formula is C29H28ClF2N5O3S2. The van der Waals surface area contributed by atoms with E-state index in [0.717, 1.165) is 11.3 Å². The van der Waals surface area contributed by atoms with Crippen molar-refractivity contribution >= 4 is 44.4 Å². The molecule has 6 rings (SSSR count). The van der Waals surface area contributed by atoms with Gasteiger partial charge in [0.05, 0.1) is 33.2 Å². The van der Waals surface area contributed by atoms with Gasteiger partial charge in [0, 0.05) is 61.4 Å². The lowest BCUT2D eigenvalue weighted by atomic mass is 9.74. The van der Waals surface area contributed by atoms with E-state index in [1.165, 1.54) is 17.5 Å². The smallest absolute Gasteiger partial charge is 0.248 e. The van der Waals surface area contributed by atoms with E-state index < -0.39 is 51.9 Å². The van der Waals surface area contributed by atoms with Crippen molar-refractivity contribution in [3.63, 3.8) is 0 Å². The average Bonchev–Trinajstić information content (AvgIpc) is 3.58. The van der Waals surface area contributed by atoms with Crippen molar-refractivity contribution in [2.75, 3.05) is 29.5 Å². The Hall–Kier alpha value is -3.14. The number of benzene rings is 1. The molecular weight excluding hydrogens is 604 g/mol. The molecule has 220 valence electrons. The van der Waals surface area contributed by atoms with Crippen molar-refractivity contribution in [3.8, 4) is 27.1 Å². The van der Waals surface area contributed by atoms with E-state index in [1.54, 1.807) is 12.3 Å². The highest BCUT2D eigenvalue weighted by molar-refractivity contribution is 7.91. The molecule has 3 fully saturated rings. The summed E-state index contributed by atoms with van der Waals surface area (Å²) < 4.78 is 53.6. The molecule has 42 heavy (non-hydrogen) atoms. The standard InChI is InChI=1S/C29H28ClF2N5O3S2/c30-20-13-19(15-34-16-20)27-35-24(23-14-29(31,32)6-5-22(23)26(38)36-28(17-33)7-8-28)25(41-27)18-1-3-21(4-2-18)37-9-11-42(39,40)12-10-37/h1-4,13,15-16,22-23H,5-12,14H2,(H,36,38)/t22-,23-/m1/s1. The van der Waals surface area contributed by atoms with Crippen molar-refractivity contribution < 1.29 is 22.0 Å². The first-order chi connectivity index (χ1) is 20.0. The molecule has 1 aliphatic heterocycles. The molecule has 2 atom stereocenters. The molecule has 1 N–H and O–H groups in total. The van der Waals surface area contributed by atoms with Crippen LogP contribution in [0.5, 0.6) is 0 Å². The third-order valence-corrected chi connectivity index (χ3v) is 11.3. The number of aromatic nitrogens is 2. The Bertz CT molecular complexity index is 1650. The van der Waals surface area contributed by atoms with Crippen LogP contribution < -0.4 is 10.2 Å². The van der Waals surface area contributed by atoms with E-state index >= 15 is 0 Å². The number of alkyl halides is 2. The van der Waals surface area contributed by atoms with Crippen LogP contribution in [0.3, 0.4) is 0 Å². The number of nitrogens with zero attached hydrogens (tertiary/aromatic N) is 4. The summed E-state index contributed by atoms with van der Waals surface area (Å²) in [5.41, 5.74) is 1.75. The summed E-state index contributed by atoms with van der Waals surface area (Å²) >= 11 is 7.51. The number of rotatable bonds is 6. The molecule has 2 aromatic heterocycles. The van der Waals surface area contributed by atoms with E-state index in [2.05, 4.69) is 16.4 Å². The zero-order valence-corrected chi connectivity index (χ0v) is 24.9. The first-order valence-electron chi connectivity index (χ1n) is 13.8. The van der Waals surface area contributed by atoms with Gasteiger partial charge in [0.15, 0.2) is 9.84 Å². The van der Waals surface area contributed by atoms with Crippen LogP contribution in [0, 0.1) is 17.2 Å². The lowest BCUT2D eigenvalue weighted by Crippen LogP contribution is -2.45. The lowest BCUT2D eigenvalue weighted by molar-refractivity contribution is -0.131. The monoisotopic (exact) mass is 631 g/mol.